The van der Waals surface area contributed by atoms with E-state index in [1.807, 2.05) is 24.0 Å². The van der Waals surface area contributed by atoms with E-state index in [0.29, 0.717) is 0 Å². The van der Waals surface area contributed by atoms with Crippen molar-refractivity contribution in [1.82, 2.24) is 20.0 Å². The summed E-state index contributed by atoms with van der Waals surface area (Å²) in [6, 6.07) is 1.95. The molecule has 0 aliphatic heterocycles. The molecule has 0 bridgehead atoms. The van der Waals surface area contributed by atoms with E-state index in [9.17, 15) is 0 Å². The number of nitrogens with zero attached hydrogens (tertiary/aromatic N) is 3. The molecule has 2 rings (SSSR count). The maximum atomic E-state index is 4.36. The lowest BCUT2D eigenvalue weighted by Gasteiger charge is -2.02. The standard InChI is InChI=1S/C10H15N5/c1-3-9-10(7-15(2)14-9)11-6-8-4-5-12-13-8/h4-5,7,11H,3,6H2,1-2H3,(H,12,13). The van der Waals surface area contributed by atoms with Gasteiger partial charge in [0.05, 0.1) is 23.6 Å². The first-order valence-electron chi connectivity index (χ1n) is 5.04. The van der Waals surface area contributed by atoms with Crippen molar-refractivity contribution >= 4 is 5.69 Å². The summed E-state index contributed by atoms with van der Waals surface area (Å²) in [4.78, 5) is 0. The van der Waals surface area contributed by atoms with Gasteiger partial charge in [-0.25, -0.2) is 0 Å². The second-order valence-corrected chi connectivity index (χ2v) is 3.45. The molecule has 0 saturated heterocycles. The monoisotopic (exact) mass is 205 g/mol. The van der Waals surface area contributed by atoms with Crippen LogP contribution in [0.1, 0.15) is 18.3 Å². The molecule has 5 heteroatoms. The van der Waals surface area contributed by atoms with Gasteiger partial charge >= 0.3 is 0 Å². The molecule has 80 valence electrons. The first-order valence-corrected chi connectivity index (χ1v) is 5.04. The minimum Gasteiger partial charge on any atom is -0.377 e. The molecule has 2 N–H and O–H groups in total. The lowest BCUT2D eigenvalue weighted by atomic mass is 10.3. The summed E-state index contributed by atoms with van der Waals surface area (Å²) >= 11 is 0. The van der Waals surface area contributed by atoms with Gasteiger partial charge < -0.3 is 5.32 Å². The Morgan fingerprint density at radius 1 is 1.53 bits per heavy atom. The molecule has 0 fully saturated rings. The fourth-order valence-corrected chi connectivity index (χ4v) is 1.52. The number of nitrogens with one attached hydrogen (secondary N) is 2. The summed E-state index contributed by atoms with van der Waals surface area (Å²) < 4.78 is 1.83. The highest BCUT2D eigenvalue weighted by atomic mass is 15.3. The molecule has 0 aliphatic carbocycles. The van der Waals surface area contributed by atoms with Crippen LogP contribution < -0.4 is 5.32 Å². The molecule has 0 amide bonds. The molecule has 0 atom stereocenters. The molecule has 2 aromatic heterocycles. The third-order valence-electron chi connectivity index (χ3n) is 2.27. The summed E-state index contributed by atoms with van der Waals surface area (Å²) in [6.07, 6.45) is 4.68. The van der Waals surface area contributed by atoms with Crippen LogP contribution in [-0.2, 0) is 20.0 Å². The van der Waals surface area contributed by atoms with E-state index in [2.05, 4.69) is 27.5 Å². The lowest BCUT2D eigenvalue weighted by molar-refractivity contribution is 0.746. The molecule has 2 aromatic rings. The number of aryl methyl sites for hydroxylation is 2. The number of rotatable bonds is 4. The maximum absolute atomic E-state index is 4.36. The van der Waals surface area contributed by atoms with Crippen LogP contribution in [0.3, 0.4) is 0 Å². The van der Waals surface area contributed by atoms with E-state index in [4.69, 9.17) is 0 Å². The Hall–Kier alpha value is -1.78. The second-order valence-electron chi connectivity index (χ2n) is 3.45. The zero-order chi connectivity index (χ0) is 10.7. The second kappa shape index (κ2) is 4.16. The van der Waals surface area contributed by atoms with Crippen molar-refractivity contribution in [3.8, 4) is 0 Å². The van der Waals surface area contributed by atoms with Gasteiger partial charge in [-0.3, -0.25) is 9.78 Å². The Morgan fingerprint density at radius 2 is 2.40 bits per heavy atom. The predicted molar refractivity (Wildman–Crippen MR) is 58.5 cm³/mol. The summed E-state index contributed by atoms with van der Waals surface area (Å²) in [7, 11) is 1.93. The zero-order valence-electron chi connectivity index (χ0n) is 8.99. The van der Waals surface area contributed by atoms with Crippen molar-refractivity contribution < 1.29 is 0 Å². The fraction of sp³-hybridized carbons (Fsp3) is 0.400. The smallest absolute Gasteiger partial charge is 0.0853 e. The van der Waals surface area contributed by atoms with Crippen LogP contribution in [0.4, 0.5) is 5.69 Å². The van der Waals surface area contributed by atoms with Crippen molar-refractivity contribution in [2.24, 2.45) is 7.05 Å². The molecule has 2 heterocycles. The van der Waals surface area contributed by atoms with Gasteiger partial charge in [-0.15, -0.1) is 0 Å². The number of H-pyrrole nitrogens is 1. The minimum atomic E-state index is 0.749. The predicted octanol–water partition coefficient (Wildman–Crippen LogP) is 1.32. The van der Waals surface area contributed by atoms with Crippen LogP contribution in [0.15, 0.2) is 18.5 Å². The van der Waals surface area contributed by atoms with Crippen LogP contribution in [0.2, 0.25) is 0 Å². The minimum absolute atomic E-state index is 0.749. The third-order valence-corrected chi connectivity index (χ3v) is 2.27. The van der Waals surface area contributed by atoms with Gasteiger partial charge in [-0.1, -0.05) is 6.92 Å². The first-order chi connectivity index (χ1) is 7.29. The lowest BCUT2D eigenvalue weighted by Crippen LogP contribution is -2.01. The van der Waals surface area contributed by atoms with Crippen LogP contribution in [-0.4, -0.2) is 20.0 Å². The van der Waals surface area contributed by atoms with Crippen LogP contribution >= 0.6 is 0 Å². The highest BCUT2D eigenvalue weighted by molar-refractivity contribution is 5.46. The van der Waals surface area contributed by atoms with Gasteiger partial charge in [0.1, 0.15) is 0 Å². The van der Waals surface area contributed by atoms with E-state index < -0.39 is 0 Å². The van der Waals surface area contributed by atoms with Gasteiger partial charge in [0.15, 0.2) is 0 Å². The Kier molecular flexibility index (Phi) is 2.71. The molecular formula is C10H15N5. The average molecular weight is 205 g/mol. The largest absolute Gasteiger partial charge is 0.377 e. The van der Waals surface area contributed by atoms with Crippen LogP contribution in [0.25, 0.3) is 0 Å². The molecule has 15 heavy (non-hydrogen) atoms. The number of anilines is 1. The highest BCUT2D eigenvalue weighted by Gasteiger charge is 2.04. The van der Waals surface area contributed by atoms with Crippen LogP contribution in [0, 0.1) is 0 Å². The van der Waals surface area contributed by atoms with E-state index in [0.717, 1.165) is 30.0 Å². The number of aromatic amines is 1. The number of aromatic nitrogens is 4. The van der Waals surface area contributed by atoms with Gasteiger partial charge in [0.2, 0.25) is 0 Å². The Morgan fingerprint density at radius 3 is 3.07 bits per heavy atom. The quantitative estimate of drug-likeness (QED) is 0.791. The summed E-state index contributed by atoms with van der Waals surface area (Å²) in [6.45, 7) is 2.85. The topological polar surface area (TPSA) is 58.5 Å². The molecule has 0 aromatic carbocycles. The molecule has 0 saturated carbocycles. The van der Waals surface area contributed by atoms with Gasteiger partial charge in [0.25, 0.3) is 0 Å². The van der Waals surface area contributed by atoms with Gasteiger partial charge in [-0.2, -0.15) is 10.2 Å². The first kappa shape index (κ1) is 9.76. The van der Waals surface area contributed by atoms with E-state index >= 15 is 0 Å². The fourth-order valence-electron chi connectivity index (χ4n) is 1.52. The van der Waals surface area contributed by atoms with E-state index in [-0.39, 0.29) is 0 Å². The summed E-state index contributed by atoms with van der Waals surface area (Å²) in [5, 5.41) is 14.5. The zero-order valence-corrected chi connectivity index (χ0v) is 8.99. The third kappa shape index (κ3) is 2.18. The summed E-state index contributed by atoms with van der Waals surface area (Å²) in [5.74, 6) is 0. The van der Waals surface area contributed by atoms with E-state index in [1.165, 1.54) is 0 Å². The molecule has 0 spiro atoms. The van der Waals surface area contributed by atoms with E-state index in [1.54, 1.807) is 6.20 Å². The number of hydrogen-bond donors (Lipinski definition) is 2. The summed E-state index contributed by atoms with van der Waals surface area (Å²) in [5.41, 5.74) is 3.26. The Bertz CT molecular complexity index is 415. The molecule has 5 nitrogen and oxygen atoms in total. The van der Waals surface area contributed by atoms with Crippen molar-refractivity contribution in [2.45, 2.75) is 19.9 Å². The van der Waals surface area contributed by atoms with Gasteiger partial charge in [-0.05, 0) is 12.5 Å². The Balaban J connectivity index is 2.04. The highest BCUT2D eigenvalue weighted by Crippen LogP contribution is 2.14. The van der Waals surface area contributed by atoms with Crippen molar-refractivity contribution in [1.29, 1.82) is 0 Å². The maximum Gasteiger partial charge on any atom is 0.0853 e. The Labute approximate surface area is 88.5 Å². The van der Waals surface area contributed by atoms with Crippen molar-refractivity contribution in [3.05, 3.63) is 29.8 Å². The molecule has 0 unspecified atom stereocenters. The normalized spacial score (nSPS) is 10.5. The molecule has 0 aliphatic rings. The van der Waals surface area contributed by atoms with Crippen molar-refractivity contribution in [3.63, 3.8) is 0 Å². The SMILES string of the molecule is CCc1nn(C)cc1NCc1ccn[nH]1. The van der Waals surface area contributed by atoms with Gasteiger partial charge in [0, 0.05) is 19.4 Å². The van der Waals surface area contributed by atoms with Crippen LogP contribution in [0.5, 0.6) is 0 Å². The molecular weight excluding hydrogens is 190 g/mol. The number of hydrogen-bond acceptors (Lipinski definition) is 3. The molecule has 0 radical (unpaired) electrons. The van der Waals surface area contributed by atoms with Crippen molar-refractivity contribution in [2.75, 3.05) is 5.32 Å². The average Bonchev–Trinajstić information content (AvgIpc) is 2.83.